The second-order valence-electron chi connectivity index (χ2n) is 6.63. The molecular weight excluding hydrogens is 340 g/mol. The van der Waals surface area contributed by atoms with Gasteiger partial charge in [0.2, 0.25) is 6.79 Å². The quantitative estimate of drug-likeness (QED) is 0.465. The topological polar surface area (TPSA) is 48.7 Å². The number of aryl methyl sites for hydroxylation is 1. The summed E-state index contributed by atoms with van der Waals surface area (Å²) in [6.07, 6.45) is 0. The number of benzene rings is 3. The first-order valence-electron chi connectivity index (χ1n) is 8.72. The molecule has 0 saturated carbocycles. The average molecular weight is 356 g/mol. The molecule has 4 nitrogen and oxygen atoms in total. The number of hydrogen-bond donors (Lipinski definition) is 0. The molecular formula is C23H16O4. The van der Waals surface area contributed by atoms with Gasteiger partial charge in [0.15, 0.2) is 11.5 Å². The third-order valence-electron chi connectivity index (χ3n) is 4.76. The molecule has 1 aliphatic rings. The van der Waals surface area contributed by atoms with Crippen LogP contribution in [0, 0.1) is 6.92 Å². The van der Waals surface area contributed by atoms with E-state index in [2.05, 4.69) is 37.3 Å². The van der Waals surface area contributed by atoms with Crippen LogP contribution in [0.25, 0.3) is 33.2 Å². The fraction of sp³-hybridized carbons (Fsp3) is 0.0870. The zero-order chi connectivity index (χ0) is 18.4. The molecule has 0 N–H and O–H groups in total. The van der Waals surface area contributed by atoms with Gasteiger partial charge in [0.05, 0.1) is 0 Å². The van der Waals surface area contributed by atoms with Gasteiger partial charge in [-0.1, -0.05) is 48.0 Å². The molecule has 2 heterocycles. The Morgan fingerprint density at radius 1 is 0.778 bits per heavy atom. The van der Waals surface area contributed by atoms with E-state index in [1.807, 2.05) is 24.3 Å². The summed E-state index contributed by atoms with van der Waals surface area (Å²) in [5.74, 6) is 1.25. The van der Waals surface area contributed by atoms with Crippen LogP contribution in [0.5, 0.6) is 11.5 Å². The van der Waals surface area contributed by atoms with Crippen molar-refractivity contribution in [1.29, 1.82) is 0 Å². The van der Waals surface area contributed by atoms with Crippen molar-refractivity contribution in [3.63, 3.8) is 0 Å². The summed E-state index contributed by atoms with van der Waals surface area (Å²) < 4.78 is 16.3. The Morgan fingerprint density at radius 3 is 2.30 bits per heavy atom. The third kappa shape index (κ3) is 2.75. The molecule has 0 fully saturated rings. The zero-order valence-electron chi connectivity index (χ0n) is 14.7. The minimum atomic E-state index is -0.391. The Hall–Kier alpha value is -3.53. The fourth-order valence-corrected chi connectivity index (χ4v) is 3.48. The standard InChI is InChI=1S/C23H16O4/c1-14-4-2-5-15(8-14)16-6-3-7-17(9-16)18-11-23(24)27-20-12-22-21(10-19(18)20)25-13-26-22/h2-12H,13H2,1H3. The predicted molar refractivity (Wildman–Crippen MR) is 104 cm³/mol. The predicted octanol–water partition coefficient (Wildman–Crippen LogP) is 5.16. The lowest BCUT2D eigenvalue weighted by Gasteiger charge is -2.09. The van der Waals surface area contributed by atoms with Crippen LogP contribution in [0.1, 0.15) is 5.56 Å². The van der Waals surface area contributed by atoms with Crippen molar-refractivity contribution in [3.8, 4) is 33.8 Å². The van der Waals surface area contributed by atoms with Crippen molar-refractivity contribution in [1.82, 2.24) is 0 Å². The Morgan fingerprint density at radius 2 is 1.48 bits per heavy atom. The molecule has 0 unspecified atom stereocenters. The highest BCUT2D eigenvalue weighted by Crippen LogP contribution is 2.39. The van der Waals surface area contributed by atoms with Gasteiger partial charge in [-0.3, -0.25) is 0 Å². The van der Waals surface area contributed by atoms with E-state index in [9.17, 15) is 4.79 Å². The van der Waals surface area contributed by atoms with Gasteiger partial charge in [0.25, 0.3) is 0 Å². The van der Waals surface area contributed by atoms with E-state index < -0.39 is 5.63 Å². The second kappa shape index (κ2) is 6.02. The maximum atomic E-state index is 12.1. The normalized spacial score (nSPS) is 12.5. The van der Waals surface area contributed by atoms with Crippen molar-refractivity contribution in [2.75, 3.05) is 6.79 Å². The Labute approximate surface area is 155 Å². The van der Waals surface area contributed by atoms with Crippen LogP contribution >= 0.6 is 0 Å². The van der Waals surface area contributed by atoms with Gasteiger partial charge >= 0.3 is 5.63 Å². The van der Waals surface area contributed by atoms with Crippen molar-refractivity contribution in [3.05, 3.63) is 82.7 Å². The Balaban J connectivity index is 1.72. The largest absolute Gasteiger partial charge is 0.454 e. The van der Waals surface area contributed by atoms with E-state index in [-0.39, 0.29) is 6.79 Å². The van der Waals surface area contributed by atoms with Crippen molar-refractivity contribution < 1.29 is 13.9 Å². The molecule has 1 aromatic heterocycles. The molecule has 0 bridgehead atoms. The second-order valence-corrected chi connectivity index (χ2v) is 6.63. The van der Waals surface area contributed by atoms with Crippen LogP contribution in [-0.2, 0) is 0 Å². The third-order valence-corrected chi connectivity index (χ3v) is 4.76. The molecule has 4 heteroatoms. The lowest BCUT2D eigenvalue weighted by molar-refractivity contribution is 0.174. The lowest BCUT2D eigenvalue weighted by Crippen LogP contribution is -1.98. The van der Waals surface area contributed by atoms with E-state index in [1.54, 1.807) is 6.07 Å². The molecule has 132 valence electrons. The molecule has 0 saturated heterocycles. The smallest absolute Gasteiger partial charge is 0.336 e. The first-order valence-corrected chi connectivity index (χ1v) is 8.72. The first kappa shape index (κ1) is 15.7. The first-order chi connectivity index (χ1) is 13.2. The molecule has 27 heavy (non-hydrogen) atoms. The van der Waals surface area contributed by atoms with Crippen molar-refractivity contribution in [2.45, 2.75) is 6.92 Å². The number of hydrogen-bond acceptors (Lipinski definition) is 4. The van der Waals surface area contributed by atoms with E-state index in [0.717, 1.165) is 27.6 Å². The summed E-state index contributed by atoms with van der Waals surface area (Å²) in [6.45, 7) is 2.25. The van der Waals surface area contributed by atoms with Gasteiger partial charge in [0.1, 0.15) is 5.58 Å². The number of rotatable bonds is 2. The van der Waals surface area contributed by atoms with Crippen LogP contribution in [0.15, 0.2) is 75.9 Å². The molecule has 5 rings (SSSR count). The van der Waals surface area contributed by atoms with Gasteiger partial charge in [-0.15, -0.1) is 0 Å². The number of ether oxygens (including phenoxy) is 2. The van der Waals surface area contributed by atoms with Crippen LogP contribution in [0.4, 0.5) is 0 Å². The molecule has 3 aromatic carbocycles. The molecule has 0 atom stereocenters. The van der Waals surface area contributed by atoms with E-state index in [0.29, 0.717) is 17.1 Å². The van der Waals surface area contributed by atoms with E-state index >= 15 is 0 Å². The summed E-state index contributed by atoms with van der Waals surface area (Å²) in [7, 11) is 0. The lowest BCUT2D eigenvalue weighted by atomic mass is 9.96. The van der Waals surface area contributed by atoms with E-state index in [4.69, 9.17) is 13.9 Å². The summed E-state index contributed by atoms with van der Waals surface area (Å²) in [4.78, 5) is 12.1. The highest BCUT2D eigenvalue weighted by Gasteiger charge is 2.18. The summed E-state index contributed by atoms with van der Waals surface area (Å²) in [5.41, 5.74) is 5.30. The summed E-state index contributed by atoms with van der Waals surface area (Å²) >= 11 is 0. The minimum absolute atomic E-state index is 0.175. The molecule has 0 amide bonds. The SMILES string of the molecule is Cc1cccc(-c2cccc(-c3cc(=O)oc4cc5c(cc34)OCO5)c2)c1. The van der Waals surface area contributed by atoms with Crippen LogP contribution in [-0.4, -0.2) is 6.79 Å². The molecule has 1 aliphatic heterocycles. The molecule has 0 spiro atoms. The van der Waals surface area contributed by atoms with Crippen LogP contribution in [0.3, 0.4) is 0 Å². The van der Waals surface area contributed by atoms with E-state index in [1.165, 1.54) is 11.6 Å². The minimum Gasteiger partial charge on any atom is -0.454 e. The van der Waals surface area contributed by atoms with Gasteiger partial charge in [0, 0.05) is 17.5 Å². The summed E-state index contributed by atoms with van der Waals surface area (Å²) in [6, 6.07) is 21.6. The highest BCUT2D eigenvalue weighted by molar-refractivity contribution is 5.96. The van der Waals surface area contributed by atoms with Gasteiger partial charge in [-0.2, -0.15) is 0 Å². The zero-order valence-corrected chi connectivity index (χ0v) is 14.7. The number of fused-ring (bicyclic) bond motifs is 2. The van der Waals surface area contributed by atoms with Crippen LogP contribution < -0.4 is 15.1 Å². The van der Waals surface area contributed by atoms with Gasteiger partial charge < -0.3 is 13.9 Å². The van der Waals surface area contributed by atoms with Crippen molar-refractivity contribution in [2.24, 2.45) is 0 Å². The monoisotopic (exact) mass is 356 g/mol. The Bertz CT molecular complexity index is 1240. The fourth-order valence-electron chi connectivity index (χ4n) is 3.48. The maximum Gasteiger partial charge on any atom is 0.336 e. The Kier molecular flexibility index (Phi) is 3.50. The molecule has 4 aromatic rings. The highest BCUT2D eigenvalue weighted by atomic mass is 16.7. The van der Waals surface area contributed by atoms with Crippen molar-refractivity contribution >= 4 is 11.0 Å². The van der Waals surface area contributed by atoms with Crippen LogP contribution in [0.2, 0.25) is 0 Å². The van der Waals surface area contributed by atoms with Gasteiger partial charge in [-0.25, -0.2) is 4.79 Å². The summed E-state index contributed by atoms with van der Waals surface area (Å²) in [5, 5.41) is 0.820. The average Bonchev–Trinajstić information content (AvgIpc) is 3.13. The molecule has 0 aliphatic carbocycles. The maximum absolute atomic E-state index is 12.1. The molecule has 0 radical (unpaired) electrons. The van der Waals surface area contributed by atoms with Gasteiger partial charge in [-0.05, 0) is 41.3 Å².